The molecule has 0 radical (unpaired) electrons. The van der Waals surface area contributed by atoms with Gasteiger partial charge in [0.05, 0.1) is 22.4 Å². The Morgan fingerprint density at radius 3 is 2.31 bits per heavy atom. The van der Waals surface area contributed by atoms with E-state index in [1.54, 1.807) is 5.57 Å². The molecule has 2 atom stereocenters. The number of ether oxygens (including phenoxy) is 1. The molecule has 264 valence electrons. The highest BCUT2D eigenvalue weighted by atomic mass is 16.5. The van der Waals surface area contributed by atoms with Crippen LogP contribution in [-0.2, 0) is 24.7 Å². The molecule has 1 unspecified atom stereocenters. The summed E-state index contributed by atoms with van der Waals surface area (Å²) in [6.07, 6.45) is 12.0. The maximum Gasteiger partial charge on any atom is 0.137 e. The van der Waals surface area contributed by atoms with Crippen molar-refractivity contribution in [3.05, 3.63) is 119 Å². The minimum atomic E-state index is -0.0782. The summed E-state index contributed by atoms with van der Waals surface area (Å²) in [5, 5.41) is 7.79. The quantitative estimate of drug-likeness (QED) is 0.135. The van der Waals surface area contributed by atoms with Crippen LogP contribution >= 0.6 is 0 Å². The van der Waals surface area contributed by atoms with Crippen molar-refractivity contribution in [1.29, 1.82) is 0 Å². The molecule has 0 aliphatic heterocycles. The van der Waals surface area contributed by atoms with E-state index in [0.29, 0.717) is 11.8 Å². The highest BCUT2D eigenvalue weighted by Gasteiger charge is 2.33. The number of nitrogens with zero attached hydrogens (tertiary/aromatic N) is 4. The summed E-state index contributed by atoms with van der Waals surface area (Å²) in [6, 6.07) is 26.1. The minimum Gasteiger partial charge on any atom is -0.457 e. The van der Waals surface area contributed by atoms with Crippen LogP contribution in [0.1, 0.15) is 115 Å². The summed E-state index contributed by atoms with van der Waals surface area (Å²) in [7, 11) is 0. The van der Waals surface area contributed by atoms with E-state index in [4.69, 9.17) is 14.8 Å². The molecule has 7 rings (SSSR count). The van der Waals surface area contributed by atoms with E-state index in [9.17, 15) is 0 Å². The van der Waals surface area contributed by atoms with E-state index in [0.717, 1.165) is 59.7 Å². The lowest BCUT2D eigenvalue weighted by molar-refractivity contribution is 0.392. The van der Waals surface area contributed by atoms with Crippen molar-refractivity contribution in [3.8, 4) is 23.0 Å². The molecule has 3 heterocycles. The number of fused-ring (bicyclic) bond motifs is 3. The van der Waals surface area contributed by atoms with Crippen LogP contribution in [0.25, 0.3) is 33.3 Å². The van der Waals surface area contributed by atoms with Crippen molar-refractivity contribution in [3.63, 3.8) is 0 Å². The predicted octanol–water partition coefficient (Wildman–Crippen LogP) is 12.4. The highest BCUT2D eigenvalue weighted by Crippen LogP contribution is 2.45. The molecule has 0 fully saturated rings. The van der Waals surface area contributed by atoms with Crippen molar-refractivity contribution in [1.82, 2.24) is 19.3 Å². The third-order valence-electron chi connectivity index (χ3n) is 11.2. The average molecular weight is 679 g/mol. The Morgan fingerprint density at radius 1 is 0.784 bits per heavy atom. The van der Waals surface area contributed by atoms with Crippen molar-refractivity contribution in [2.75, 3.05) is 0 Å². The first-order valence-corrected chi connectivity index (χ1v) is 19.3. The monoisotopic (exact) mass is 678 g/mol. The molecule has 0 saturated heterocycles. The van der Waals surface area contributed by atoms with Gasteiger partial charge in [-0.15, -0.1) is 0 Å². The van der Waals surface area contributed by atoms with Crippen molar-refractivity contribution in [2.45, 2.75) is 112 Å². The van der Waals surface area contributed by atoms with Crippen LogP contribution < -0.4 is 4.74 Å². The number of aryl methyl sites for hydroxylation is 2. The largest absolute Gasteiger partial charge is 0.457 e. The van der Waals surface area contributed by atoms with Gasteiger partial charge in [0, 0.05) is 46.3 Å². The Bertz CT molecular complexity index is 2230. The van der Waals surface area contributed by atoms with Gasteiger partial charge in [0.1, 0.15) is 17.3 Å². The Morgan fingerprint density at radius 2 is 1.59 bits per heavy atom. The SMILES string of the molecule is CCC1=CCCC(CC)[C@H]1c1c(CC)nn(-c2cc(Oc3ccc4c5ccccc5n(-c5cc(CC)ccn5)c4c3)cc(C(C)(C)C)c2)c1CC. The van der Waals surface area contributed by atoms with Crippen LogP contribution in [0.3, 0.4) is 0 Å². The number of benzene rings is 3. The van der Waals surface area contributed by atoms with Gasteiger partial charge in [-0.2, -0.15) is 5.10 Å². The van der Waals surface area contributed by atoms with Crippen molar-refractivity contribution >= 4 is 21.8 Å². The van der Waals surface area contributed by atoms with Crippen LogP contribution in [0.2, 0.25) is 0 Å². The van der Waals surface area contributed by atoms with Gasteiger partial charge in [-0.05, 0) is 103 Å². The molecule has 6 aromatic rings. The number of hydrogen-bond donors (Lipinski definition) is 0. The lowest BCUT2D eigenvalue weighted by Gasteiger charge is -2.33. The zero-order chi connectivity index (χ0) is 35.9. The zero-order valence-electron chi connectivity index (χ0n) is 31.9. The van der Waals surface area contributed by atoms with Crippen LogP contribution in [0.5, 0.6) is 11.5 Å². The Hall–Kier alpha value is -4.64. The molecule has 0 N–H and O–H groups in total. The number of rotatable bonds is 10. The summed E-state index contributed by atoms with van der Waals surface area (Å²) in [4.78, 5) is 4.82. The molecule has 3 aromatic carbocycles. The fourth-order valence-corrected chi connectivity index (χ4v) is 8.39. The van der Waals surface area contributed by atoms with E-state index in [2.05, 4.69) is 144 Å². The summed E-state index contributed by atoms with van der Waals surface area (Å²) in [5.74, 6) is 3.64. The molecule has 5 heteroatoms. The molecule has 0 bridgehead atoms. The molecule has 5 nitrogen and oxygen atoms in total. The Labute approximate surface area is 304 Å². The van der Waals surface area contributed by atoms with E-state index >= 15 is 0 Å². The molecule has 51 heavy (non-hydrogen) atoms. The van der Waals surface area contributed by atoms with Crippen molar-refractivity contribution < 1.29 is 4.74 Å². The molecule has 0 saturated carbocycles. The smallest absolute Gasteiger partial charge is 0.137 e. The summed E-state index contributed by atoms with van der Waals surface area (Å²) >= 11 is 0. The van der Waals surface area contributed by atoms with E-state index in [1.807, 2.05) is 6.20 Å². The van der Waals surface area contributed by atoms with Crippen LogP contribution in [0.15, 0.2) is 90.6 Å². The number of hydrogen-bond acceptors (Lipinski definition) is 3. The van der Waals surface area contributed by atoms with Crippen LogP contribution in [0.4, 0.5) is 0 Å². The maximum absolute atomic E-state index is 6.85. The lowest BCUT2D eigenvalue weighted by Crippen LogP contribution is -2.20. The van der Waals surface area contributed by atoms with E-state index < -0.39 is 0 Å². The number of pyridine rings is 1. The summed E-state index contributed by atoms with van der Waals surface area (Å²) < 4.78 is 11.4. The van der Waals surface area contributed by atoms with Gasteiger partial charge >= 0.3 is 0 Å². The predicted molar refractivity (Wildman–Crippen MR) is 213 cm³/mol. The molecule has 1 aliphatic carbocycles. The van der Waals surface area contributed by atoms with Gasteiger partial charge in [0.25, 0.3) is 0 Å². The fraction of sp³-hybridized carbons (Fsp3) is 0.391. The second-order valence-electron chi connectivity index (χ2n) is 15.3. The number of aromatic nitrogens is 4. The highest BCUT2D eigenvalue weighted by molar-refractivity contribution is 6.09. The van der Waals surface area contributed by atoms with Gasteiger partial charge in [-0.25, -0.2) is 9.67 Å². The maximum atomic E-state index is 6.85. The zero-order valence-corrected chi connectivity index (χ0v) is 31.9. The first-order valence-electron chi connectivity index (χ1n) is 19.3. The lowest BCUT2D eigenvalue weighted by atomic mass is 9.71. The summed E-state index contributed by atoms with van der Waals surface area (Å²) in [6.45, 7) is 18.3. The average Bonchev–Trinajstić information content (AvgIpc) is 3.69. The first-order chi connectivity index (χ1) is 24.7. The molecule has 0 amide bonds. The summed E-state index contributed by atoms with van der Waals surface area (Å²) in [5.41, 5.74) is 11.3. The molecule has 1 aliphatic rings. The van der Waals surface area contributed by atoms with E-state index in [-0.39, 0.29) is 5.41 Å². The van der Waals surface area contributed by atoms with Gasteiger partial charge in [0.15, 0.2) is 0 Å². The van der Waals surface area contributed by atoms with Gasteiger partial charge in [0.2, 0.25) is 0 Å². The third-order valence-corrected chi connectivity index (χ3v) is 11.2. The Balaban J connectivity index is 1.36. The van der Waals surface area contributed by atoms with Gasteiger partial charge in [-0.3, -0.25) is 4.57 Å². The topological polar surface area (TPSA) is 44.9 Å². The van der Waals surface area contributed by atoms with Gasteiger partial charge in [-0.1, -0.05) is 91.7 Å². The van der Waals surface area contributed by atoms with E-state index in [1.165, 1.54) is 58.1 Å². The second-order valence-corrected chi connectivity index (χ2v) is 15.3. The van der Waals surface area contributed by atoms with Crippen LogP contribution in [-0.4, -0.2) is 19.3 Å². The fourth-order valence-electron chi connectivity index (χ4n) is 8.39. The second kappa shape index (κ2) is 14.2. The molecular weight excluding hydrogens is 625 g/mol. The van der Waals surface area contributed by atoms with Crippen LogP contribution in [0, 0.1) is 5.92 Å². The molecule has 3 aromatic heterocycles. The number of para-hydroxylation sites is 1. The minimum absolute atomic E-state index is 0.0782. The van der Waals surface area contributed by atoms with Crippen molar-refractivity contribution in [2.24, 2.45) is 5.92 Å². The standard InChI is InChI=1S/C46H54N4O/c1-9-30-23-24-47-43(25-30)49-41-20-15-14-19-37(41)38-22-21-35(29-42(38)49)51-36-27-33(46(6,7)8)26-34(28-36)50-40(13-5)45(39(12-4)48-50)44-31(10-2)17-16-18-32(44)11-3/h14-15,17,19-29,32,44H,9-13,16,18H2,1-8H3/t32?,44-/m0/s1. The third kappa shape index (κ3) is 6.41. The Kier molecular flexibility index (Phi) is 9.67. The number of allylic oxidation sites excluding steroid dienone is 2. The van der Waals surface area contributed by atoms with Gasteiger partial charge < -0.3 is 4.74 Å². The first kappa shape index (κ1) is 34.8. The molecular formula is C46H54N4O. The normalized spacial score (nSPS) is 16.6. The molecule has 0 spiro atoms.